The first-order chi connectivity index (χ1) is 8.72. The van der Waals surface area contributed by atoms with Crippen LogP contribution in [0.1, 0.15) is 38.2 Å². The van der Waals surface area contributed by atoms with Crippen LogP contribution in [0.3, 0.4) is 0 Å². The Morgan fingerprint density at radius 3 is 2.94 bits per heavy atom. The molecule has 2 heteroatoms. The number of hydrogen-bond donors (Lipinski definition) is 2. The van der Waals surface area contributed by atoms with E-state index in [1.54, 1.807) is 0 Å². The van der Waals surface area contributed by atoms with Crippen LogP contribution in [0.2, 0.25) is 0 Å². The van der Waals surface area contributed by atoms with Crippen LogP contribution >= 0.6 is 0 Å². The zero-order valence-electron chi connectivity index (χ0n) is 11.9. The Morgan fingerprint density at radius 1 is 1.39 bits per heavy atom. The topological polar surface area (TPSA) is 24.1 Å². The summed E-state index contributed by atoms with van der Waals surface area (Å²) in [5.74, 6) is 2.24. The molecule has 0 aromatic heterocycles. The number of benzene rings is 1. The molecule has 3 atom stereocenters. The molecule has 100 valence electrons. The predicted octanol–water partition coefficient (Wildman–Crippen LogP) is 3.47. The number of hydrogen-bond acceptors (Lipinski definition) is 2. The van der Waals surface area contributed by atoms with Crippen molar-refractivity contribution in [3.05, 3.63) is 29.8 Å². The van der Waals surface area contributed by atoms with Crippen molar-refractivity contribution < 1.29 is 0 Å². The van der Waals surface area contributed by atoms with Crippen molar-refractivity contribution in [2.45, 2.75) is 32.6 Å². The van der Waals surface area contributed by atoms with E-state index >= 15 is 0 Å². The first-order valence-corrected chi connectivity index (χ1v) is 7.19. The fourth-order valence-electron chi connectivity index (χ4n) is 3.03. The van der Waals surface area contributed by atoms with Crippen molar-refractivity contribution >= 4 is 5.69 Å². The first-order valence-electron chi connectivity index (χ1n) is 7.19. The van der Waals surface area contributed by atoms with E-state index in [1.807, 2.05) is 7.05 Å². The highest BCUT2D eigenvalue weighted by molar-refractivity contribution is 5.54. The van der Waals surface area contributed by atoms with Gasteiger partial charge in [0.1, 0.15) is 0 Å². The number of rotatable bonds is 5. The molecular formula is C16H26N2. The summed E-state index contributed by atoms with van der Waals surface area (Å²) in [6.07, 6.45) is 2.64. The molecule has 1 aromatic rings. The third-order valence-corrected chi connectivity index (χ3v) is 4.30. The summed E-state index contributed by atoms with van der Waals surface area (Å²) in [4.78, 5) is 0. The Labute approximate surface area is 111 Å². The number of para-hydroxylation sites is 1. The van der Waals surface area contributed by atoms with Gasteiger partial charge in [-0.1, -0.05) is 32.0 Å². The third kappa shape index (κ3) is 3.05. The SMILES string of the molecule is CNCC(C)CCC1CNc2ccccc2C1C. The molecule has 0 saturated heterocycles. The second-order valence-electron chi connectivity index (χ2n) is 5.76. The fraction of sp³-hybridized carbons (Fsp3) is 0.625. The highest BCUT2D eigenvalue weighted by Gasteiger charge is 2.25. The summed E-state index contributed by atoms with van der Waals surface area (Å²) in [6, 6.07) is 8.75. The van der Waals surface area contributed by atoms with Gasteiger partial charge < -0.3 is 10.6 Å². The second kappa shape index (κ2) is 6.24. The largest absolute Gasteiger partial charge is 0.385 e. The normalized spacial score (nSPS) is 24.2. The predicted molar refractivity (Wildman–Crippen MR) is 79.2 cm³/mol. The Balaban J connectivity index is 1.93. The molecule has 0 amide bonds. The lowest BCUT2D eigenvalue weighted by Crippen LogP contribution is -2.27. The zero-order valence-corrected chi connectivity index (χ0v) is 11.9. The van der Waals surface area contributed by atoms with Gasteiger partial charge in [-0.3, -0.25) is 0 Å². The van der Waals surface area contributed by atoms with E-state index in [-0.39, 0.29) is 0 Å². The molecular weight excluding hydrogens is 220 g/mol. The highest BCUT2D eigenvalue weighted by Crippen LogP contribution is 2.37. The average Bonchev–Trinajstić information content (AvgIpc) is 2.39. The Hall–Kier alpha value is -1.02. The van der Waals surface area contributed by atoms with Crippen LogP contribution in [0, 0.1) is 11.8 Å². The third-order valence-electron chi connectivity index (χ3n) is 4.30. The molecule has 0 aliphatic carbocycles. The van der Waals surface area contributed by atoms with Gasteiger partial charge in [-0.15, -0.1) is 0 Å². The van der Waals surface area contributed by atoms with Gasteiger partial charge in [0.05, 0.1) is 0 Å². The number of nitrogens with one attached hydrogen (secondary N) is 2. The summed E-state index contributed by atoms with van der Waals surface area (Å²) in [5.41, 5.74) is 2.83. The zero-order chi connectivity index (χ0) is 13.0. The Morgan fingerprint density at radius 2 is 2.17 bits per heavy atom. The first kappa shape index (κ1) is 13.4. The second-order valence-corrected chi connectivity index (χ2v) is 5.76. The van der Waals surface area contributed by atoms with Crippen LogP contribution in [0.4, 0.5) is 5.69 Å². The van der Waals surface area contributed by atoms with Crippen molar-refractivity contribution in [1.29, 1.82) is 0 Å². The van der Waals surface area contributed by atoms with Crippen LogP contribution in [0.25, 0.3) is 0 Å². The van der Waals surface area contributed by atoms with Gasteiger partial charge in [-0.25, -0.2) is 0 Å². The minimum absolute atomic E-state index is 0.684. The van der Waals surface area contributed by atoms with E-state index in [2.05, 4.69) is 48.7 Å². The van der Waals surface area contributed by atoms with E-state index in [0.717, 1.165) is 24.9 Å². The summed E-state index contributed by atoms with van der Waals surface area (Å²) < 4.78 is 0. The van der Waals surface area contributed by atoms with Gasteiger partial charge in [0.2, 0.25) is 0 Å². The van der Waals surface area contributed by atoms with E-state index in [0.29, 0.717) is 5.92 Å². The van der Waals surface area contributed by atoms with Crippen molar-refractivity contribution in [2.75, 3.05) is 25.5 Å². The lowest BCUT2D eigenvalue weighted by atomic mass is 9.80. The van der Waals surface area contributed by atoms with Crippen molar-refractivity contribution in [1.82, 2.24) is 5.32 Å². The maximum absolute atomic E-state index is 3.58. The molecule has 1 aromatic carbocycles. The molecule has 1 heterocycles. The average molecular weight is 246 g/mol. The molecule has 0 bridgehead atoms. The van der Waals surface area contributed by atoms with E-state index in [4.69, 9.17) is 0 Å². The minimum atomic E-state index is 0.684. The van der Waals surface area contributed by atoms with Crippen molar-refractivity contribution in [3.8, 4) is 0 Å². The molecule has 1 aliphatic heterocycles. The maximum atomic E-state index is 3.58. The van der Waals surface area contributed by atoms with Crippen LogP contribution in [0.5, 0.6) is 0 Å². The Kier molecular flexibility index (Phi) is 4.65. The molecule has 2 N–H and O–H groups in total. The number of anilines is 1. The van der Waals surface area contributed by atoms with Crippen molar-refractivity contribution in [2.24, 2.45) is 11.8 Å². The molecule has 0 saturated carbocycles. The fourth-order valence-corrected chi connectivity index (χ4v) is 3.03. The smallest absolute Gasteiger partial charge is 0.0375 e. The molecule has 2 rings (SSSR count). The summed E-state index contributed by atoms with van der Waals surface area (Å²) >= 11 is 0. The van der Waals surface area contributed by atoms with Gasteiger partial charge in [0.15, 0.2) is 0 Å². The quantitative estimate of drug-likeness (QED) is 0.831. The highest BCUT2D eigenvalue weighted by atomic mass is 14.9. The van der Waals surface area contributed by atoms with Gasteiger partial charge in [0.25, 0.3) is 0 Å². The monoisotopic (exact) mass is 246 g/mol. The summed E-state index contributed by atoms with van der Waals surface area (Å²) in [6.45, 7) is 6.98. The molecule has 1 aliphatic rings. The molecule has 3 unspecified atom stereocenters. The molecule has 0 fully saturated rings. The van der Waals surface area contributed by atoms with Crippen LogP contribution in [-0.4, -0.2) is 20.1 Å². The van der Waals surface area contributed by atoms with E-state index < -0.39 is 0 Å². The summed E-state index contributed by atoms with van der Waals surface area (Å²) in [5, 5.41) is 6.85. The van der Waals surface area contributed by atoms with Gasteiger partial charge in [-0.2, -0.15) is 0 Å². The Bertz CT molecular complexity index is 375. The standard InChI is InChI=1S/C16H26N2/c1-12(10-17-3)8-9-14-11-18-16-7-5-4-6-15(16)13(14)2/h4-7,12-14,17-18H,8-11H2,1-3H3. The molecule has 2 nitrogen and oxygen atoms in total. The van der Waals surface area contributed by atoms with Crippen LogP contribution in [0.15, 0.2) is 24.3 Å². The van der Waals surface area contributed by atoms with Gasteiger partial charge in [0, 0.05) is 12.2 Å². The van der Waals surface area contributed by atoms with Gasteiger partial charge >= 0.3 is 0 Å². The molecule has 0 spiro atoms. The minimum Gasteiger partial charge on any atom is -0.385 e. The number of fused-ring (bicyclic) bond motifs is 1. The van der Waals surface area contributed by atoms with Crippen molar-refractivity contribution in [3.63, 3.8) is 0 Å². The maximum Gasteiger partial charge on any atom is 0.0375 e. The van der Waals surface area contributed by atoms with Gasteiger partial charge in [-0.05, 0) is 55.8 Å². The molecule has 0 radical (unpaired) electrons. The van der Waals surface area contributed by atoms with Crippen LogP contribution < -0.4 is 10.6 Å². The lowest BCUT2D eigenvalue weighted by Gasteiger charge is -2.33. The summed E-state index contributed by atoms with van der Waals surface area (Å²) in [7, 11) is 2.04. The van der Waals surface area contributed by atoms with E-state index in [9.17, 15) is 0 Å². The molecule has 18 heavy (non-hydrogen) atoms. The lowest BCUT2D eigenvalue weighted by molar-refractivity contribution is 0.368. The van der Waals surface area contributed by atoms with E-state index in [1.165, 1.54) is 24.1 Å². The van der Waals surface area contributed by atoms with Crippen LogP contribution in [-0.2, 0) is 0 Å².